The van der Waals surface area contributed by atoms with Crippen LogP contribution in [0.4, 0.5) is 27.6 Å². The van der Waals surface area contributed by atoms with Gasteiger partial charge in [-0.15, -0.1) is 0 Å². The normalized spacial score (nSPS) is 12.6. The topological polar surface area (TPSA) is 68.5 Å². The smallest absolute Gasteiger partial charge is 0.417 e. The Hall–Kier alpha value is -3.43. The maximum absolute atomic E-state index is 13.6. The van der Waals surface area contributed by atoms with Crippen LogP contribution in [0.25, 0.3) is 11.0 Å². The molecule has 1 heterocycles. The molecule has 0 spiro atoms. The second-order valence-corrected chi connectivity index (χ2v) is 6.01. The number of carbonyl (C=O) groups is 1. The Morgan fingerprint density at radius 3 is 2.48 bits per heavy atom. The number of alkyl halides is 3. The molecule has 0 fully saturated rings. The summed E-state index contributed by atoms with van der Waals surface area (Å²) in [7, 11) is 0. The number of hydrogen-bond acceptors (Lipinski definition) is 4. The molecule has 1 atom stereocenters. The molecular formula is C19H12F5NO4. The number of rotatable bonds is 4. The number of carbonyl (C=O) groups excluding carboxylic acids is 1. The van der Waals surface area contributed by atoms with Crippen LogP contribution in [0, 0.1) is 11.6 Å². The van der Waals surface area contributed by atoms with Gasteiger partial charge in [0.1, 0.15) is 23.0 Å². The van der Waals surface area contributed by atoms with Crippen LogP contribution in [0.5, 0.6) is 5.75 Å². The molecule has 5 nitrogen and oxygen atoms in total. The van der Waals surface area contributed by atoms with Gasteiger partial charge in [-0.3, -0.25) is 4.79 Å². The molecule has 0 radical (unpaired) electrons. The number of nitrogens with one attached hydrogen (secondary N) is 1. The molecule has 10 heteroatoms. The van der Waals surface area contributed by atoms with Crippen molar-refractivity contribution >= 4 is 22.6 Å². The van der Waals surface area contributed by atoms with Gasteiger partial charge in [0.2, 0.25) is 0 Å². The lowest BCUT2D eigenvalue weighted by Crippen LogP contribution is -2.30. The van der Waals surface area contributed by atoms with E-state index in [0.717, 1.165) is 24.3 Å². The number of hydrogen-bond donors (Lipinski definition) is 1. The zero-order valence-corrected chi connectivity index (χ0v) is 14.6. The fraction of sp³-hybridized carbons (Fsp3) is 0.158. The lowest BCUT2D eigenvalue weighted by Gasteiger charge is -2.16. The van der Waals surface area contributed by atoms with Crippen LogP contribution in [-0.4, -0.2) is 12.0 Å². The maximum atomic E-state index is 13.6. The van der Waals surface area contributed by atoms with Crippen molar-refractivity contribution in [3.05, 3.63) is 70.1 Å². The van der Waals surface area contributed by atoms with E-state index >= 15 is 0 Å². The highest BCUT2D eigenvalue weighted by Crippen LogP contribution is 2.35. The molecule has 29 heavy (non-hydrogen) atoms. The molecule has 1 aromatic heterocycles. The molecule has 3 aromatic rings. The van der Waals surface area contributed by atoms with Crippen LogP contribution in [-0.2, 0) is 11.0 Å². The zero-order chi connectivity index (χ0) is 21.3. The molecule has 152 valence electrons. The second-order valence-electron chi connectivity index (χ2n) is 6.01. The van der Waals surface area contributed by atoms with Crippen molar-refractivity contribution < 1.29 is 35.9 Å². The Morgan fingerprint density at radius 1 is 1.10 bits per heavy atom. The molecule has 0 saturated heterocycles. The first-order chi connectivity index (χ1) is 13.5. The van der Waals surface area contributed by atoms with E-state index in [2.05, 4.69) is 5.32 Å². The fourth-order valence-electron chi connectivity index (χ4n) is 2.53. The van der Waals surface area contributed by atoms with Crippen LogP contribution in [0.15, 0.2) is 51.7 Å². The van der Waals surface area contributed by atoms with Gasteiger partial charge in [0.05, 0.1) is 11.3 Å². The van der Waals surface area contributed by atoms with Gasteiger partial charge in [-0.2, -0.15) is 13.2 Å². The summed E-state index contributed by atoms with van der Waals surface area (Å²) >= 11 is 0. The van der Waals surface area contributed by atoms with Crippen LogP contribution >= 0.6 is 0 Å². The Morgan fingerprint density at radius 2 is 1.83 bits per heavy atom. The Balaban J connectivity index is 1.82. The van der Waals surface area contributed by atoms with E-state index in [1.165, 1.54) is 13.0 Å². The van der Waals surface area contributed by atoms with Crippen LogP contribution in [0.2, 0.25) is 0 Å². The Bertz CT molecular complexity index is 1140. The quantitative estimate of drug-likeness (QED) is 0.505. The van der Waals surface area contributed by atoms with Gasteiger partial charge in [-0.1, -0.05) is 0 Å². The van der Waals surface area contributed by atoms with Gasteiger partial charge >= 0.3 is 11.8 Å². The van der Waals surface area contributed by atoms with Gasteiger partial charge in [-0.25, -0.2) is 13.6 Å². The average Bonchev–Trinajstić information content (AvgIpc) is 2.62. The minimum Gasteiger partial charge on any atom is -0.481 e. The van der Waals surface area contributed by atoms with Gasteiger partial charge in [0, 0.05) is 23.6 Å². The van der Waals surface area contributed by atoms with Crippen LogP contribution in [0.3, 0.4) is 0 Å². The lowest BCUT2D eigenvalue weighted by molar-refractivity contribution is -0.136. The monoisotopic (exact) mass is 413 g/mol. The van der Waals surface area contributed by atoms with Crippen molar-refractivity contribution in [1.29, 1.82) is 0 Å². The van der Waals surface area contributed by atoms with Crippen molar-refractivity contribution in [2.45, 2.75) is 19.2 Å². The Labute approximate surface area is 159 Å². The highest BCUT2D eigenvalue weighted by atomic mass is 19.4. The summed E-state index contributed by atoms with van der Waals surface area (Å²) in [5.74, 6) is -2.65. The maximum Gasteiger partial charge on any atom is 0.417 e. The second kappa shape index (κ2) is 7.53. The molecule has 2 aromatic carbocycles. The predicted molar refractivity (Wildman–Crippen MR) is 92.6 cm³/mol. The summed E-state index contributed by atoms with van der Waals surface area (Å²) in [6.07, 6.45) is -5.96. The van der Waals surface area contributed by atoms with Crippen molar-refractivity contribution in [3.63, 3.8) is 0 Å². The molecule has 1 N–H and O–H groups in total. The molecule has 0 aliphatic heterocycles. The first-order valence-corrected chi connectivity index (χ1v) is 8.12. The minimum absolute atomic E-state index is 0.0535. The molecule has 0 aliphatic carbocycles. The molecule has 0 bridgehead atoms. The lowest BCUT2D eigenvalue weighted by atomic mass is 10.1. The van der Waals surface area contributed by atoms with Crippen molar-refractivity contribution in [2.24, 2.45) is 0 Å². The standard InChI is InChI=1S/C19H12F5NO4/c1-9(18(27)25-15-5-2-10(20)6-14(15)21)28-11-3-4-12-13(19(22,23)24)8-17(26)29-16(12)7-11/h2-9H,1H3,(H,25,27). The number of fused-ring (bicyclic) bond motifs is 1. The van der Waals surface area contributed by atoms with E-state index in [1.54, 1.807) is 0 Å². The Kier molecular flexibility index (Phi) is 5.27. The van der Waals surface area contributed by atoms with Crippen LogP contribution in [0.1, 0.15) is 12.5 Å². The SMILES string of the molecule is CC(Oc1ccc2c(C(F)(F)F)cc(=O)oc2c1)C(=O)Nc1ccc(F)cc1F. The number of amides is 1. The summed E-state index contributed by atoms with van der Waals surface area (Å²) in [6, 6.07) is 6.15. The molecule has 0 aliphatic rings. The van der Waals surface area contributed by atoms with E-state index < -0.39 is 41.0 Å². The number of halogens is 5. The number of ether oxygens (including phenoxy) is 1. The van der Waals surface area contributed by atoms with E-state index in [4.69, 9.17) is 9.15 Å². The average molecular weight is 413 g/mol. The zero-order valence-electron chi connectivity index (χ0n) is 14.6. The third-order valence-electron chi connectivity index (χ3n) is 3.89. The molecular weight excluding hydrogens is 401 g/mol. The fourth-order valence-corrected chi connectivity index (χ4v) is 2.53. The first-order valence-electron chi connectivity index (χ1n) is 8.12. The molecule has 1 amide bonds. The van der Waals surface area contributed by atoms with Crippen molar-refractivity contribution in [2.75, 3.05) is 5.32 Å². The number of anilines is 1. The third kappa shape index (κ3) is 4.53. The van der Waals surface area contributed by atoms with E-state index in [9.17, 15) is 31.5 Å². The van der Waals surface area contributed by atoms with E-state index in [0.29, 0.717) is 12.1 Å². The van der Waals surface area contributed by atoms with Gasteiger partial charge in [0.15, 0.2) is 6.10 Å². The highest BCUT2D eigenvalue weighted by molar-refractivity contribution is 5.94. The summed E-state index contributed by atoms with van der Waals surface area (Å²) in [4.78, 5) is 23.6. The molecule has 0 saturated carbocycles. The summed E-state index contributed by atoms with van der Waals surface area (Å²) in [5, 5.41) is 1.85. The van der Waals surface area contributed by atoms with Crippen molar-refractivity contribution in [3.8, 4) is 5.75 Å². The molecule has 3 rings (SSSR count). The molecule has 1 unspecified atom stereocenters. The van der Waals surface area contributed by atoms with E-state index in [-0.39, 0.29) is 22.4 Å². The van der Waals surface area contributed by atoms with Crippen LogP contribution < -0.4 is 15.7 Å². The predicted octanol–water partition coefficient (Wildman–Crippen LogP) is 4.50. The summed E-state index contributed by atoms with van der Waals surface area (Å²) < 4.78 is 75.8. The van der Waals surface area contributed by atoms with Crippen molar-refractivity contribution in [1.82, 2.24) is 0 Å². The highest BCUT2D eigenvalue weighted by Gasteiger charge is 2.34. The summed E-state index contributed by atoms with van der Waals surface area (Å²) in [5.41, 5.74) is -3.00. The number of benzene rings is 2. The van der Waals surface area contributed by atoms with E-state index in [1.807, 2.05) is 0 Å². The van der Waals surface area contributed by atoms with Gasteiger partial charge in [-0.05, 0) is 31.2 Å². The largest absolute Gasteiger partial charge is 0.481 e. The first kappa shape index (κ1) is 20.3. The van der Waals surface area contributed by atoms with Gasteiger partial charge < -0.3 is 14.5 Å². The van der Waals surface area contributed by atoms with Gasteiger partial charge in [0.25, 0.3) is 5.91 Å². The minimum atomic E-state index is -4.76. The summed E-state index contributed by atoms with van der Waals surface area (Å²) in [6.45, 7) is 1.31. The third-order valence-corrected chi connectivity index (χ3v) is 3.89.